The van der Waals surface area contributed by atoms with E-state index in [4.69, 9.17) is 0 Å². The molecule has 2 heterocycles. The molecule has 0 spiro atoms. The fourth-order valence-electron chi connectivity index (χ4n) is 2.38. The Labute approximate surface area is 116 Å². The lowest BCUT2D eigenvalue weighted by Gasteiger charge is -2.22. The third kappa shape index (κ3) is 3.01. The van der Waals surface area contributed by atoms with Gasteiger partial charge in [0, 0.05) is 11.9 Å². The van der Waals surface area contributed by atoms with E-state index in [1.54, 1.807) is 18.1 Å². The number of amidine groups is 1. The molecule has 1 aromatic rings. The molecule has 1 aliphatic carbocycles. The van der Waals surface area contributed by atoms with Gasteiger partial charge in [-0.05, 0) is 42.8 Å². The summed E-state index contributed by atoms with van der Waals surface area (Å²) >= 11 is 3.46. The van der Waals surface area contributed by atoms with Crippen molar-refractivity contribution in [3.05, 3.63) is 18.3 Å². The summed E-state index contributed by atoms with van der Waals surface area (Å²) in [6.07, 6.45) is 8.82. The van der Waals surface area contributed by atoms with Crippen LogP contribution in [0.15, 0.2) is 28.2 Å². The molecule has 0 aromatic carbocycles. The van der Waals surface area contributed by atoms with Gasteiger partial charge in [-0.3, -0.25) is 0 Å². The minimum atomic E-state index is 0.854. The molecular weight excluding hydrogens is 262 g/mol. The maximum Gasteiger partial charge on any atom is 0.173 e. The van der Waals surface area contributed by atoms with Crippen molar-refractivity contribution in [1.82, 2.24) is 9.71 Å². The second kappa shape index (κ2) is 5.97. The van der Waals surface area contributed by atoms with Gasteiger partial charge in [0.15, 0.2) is 11.0 Å². The minimum Gasteiger partial charge on any atom is -0.305 e. The smallest absolute Gasteiger partial charge is 0.173 e. The normalized spacial score (nSPS) is 19.9. The molecule has 18 heavy (non-hydrogen) atoms. The lowest BCUT2D eigenvalue weighted by molar-refractivity contribution is 0.391. The number of thioether (sulfide) groups is 1. The Morgan fingerprint density at radius 1 is 1.33 bits per heavy atom. The van der Waals surface area contributed by atoms with Crippen LogP contribution >= 0.6 is 23.7 Å². The number of fused-ring (bicyclic) bond motifs is 1. The zero-order valence-corrected chi connectivity index (χ0v) is 11.9. The molecule has 0 bridgehead atoms. The van der Waals surface area contributed by atoms with Gasteiger partial charge in [0.1, 0.15) is 0 Å². The van der Waals surface area contributed by atoms with Crippen LogP contribution in [0.4, 0.5) is 5.82 Å². The fraction of sp³-hybridized carbons (Fsp3) is 0.538. The van der Waals surface area contributed by atoms with E-state index in [-0.39, 0.29) is 0 Å². The molecule has 1 aromatic heterocycles. The van der Waals surface area contributed by atoms with Crippen LogP contribution in [0.5, 0.6) is 0 Å². The van der Waals surface area contributed by atoms with Crippen LogP contribution in [0.2, 0.25) is 0 Å². The number of hydrogen-bond acceptors (Lipinski definition) is 5. The van der Waals surface area contributed by atoms with Crippen LogP contribution in [0, 0.1) is 5.92 Å². The lowest BCUT2D eigenvalue weighted by Crippen LogP contribution is -2.18. The second-order valence-corrected chi connectivity index (χ2v) is 6.62. The Hall–Kier alpha value is -0.680. The predicted molar refractivity (Wildman–Crippen MR) is 79.4 cm³/mol. The molecule has 5 heteroatoms. The Morgan fingerprint density at radius 3 is 3.11 bits per heavy atom. The highest BCUT2D eigenvalue weighted by molar-refractivity contribution is 8.15. The van der Waals surface area contributed by atoms with E-state index in [1.165, 1.54) is 37.9 Å². The van der Waals surface area contributed by atoms with E-state index in [1.807, 2.05) is 23.9 Å². The van der Waals surface area contributed by atoms with Crippen molar-refractivity contribution in [1.29, 1.82) is 0 Å². The molecule has 3 rings (SSSR count). The number of aromatic nitrogens is 1. The molecule has 96 valence electrons. The van der Waals surface area contributed by atoms with E-state index >= 15 is 0 Å². The first-order valence-corrected chi connectivity index (χ1v) is 8.31. The fourth-order valence-corrected chi connectivity index (χ4v) is 4.19. The molecule has 0 atom stereocenters. The van der Waals surface area contributed by atoms with Crippen LogP contribution in [0.1, 0.15) is 32.1 Å². The average Bonchev–Trinajstić information content (AvgIpc) is 2.46. The van der Waals surface area contributed by atoms with Crippen molar-refractivity contribution < 1.29 is 0 Å². The Balaban J connectivity index is 1.59. The van der Waals surface area contributed by atoms with E-state index in [9.17, 15) is 0 Å². The number of pyridine rings is 1. The first-order chi connectivity index (χ1) is 8.92. The monoisotopic (exact) mass is 279 g/mol. The summed E-state index contributed by atoms with van der Waals surface area (Å²) in [5.74, 6) is 2.92. The molecule has 1 fully saturated rings. The Morgan fingerprint density at radius 2 is 2.22 bits per heavy atom. The number of aliphatic imine (C=N–C) groups is 1. The molecule has 1 aliphatic heterocycles. The lowest BCUT2D eigenvalue weighted by atomic mass is 9.91. The maximum absolute atomic E-state index is 4.57. The van der Waals surface area contributed by atoms with Gasteiger partial charge in [0.25, 0.3) is 0 Å². The van der Waals surface area contributed by atoms with Crippen molar-refractivity contribution >= 4 is 34.7 Å². The number of nitrogens with one attached hydrogen (secondary N) is 1. The van der Waals surface area contributed by atoms with Gasteiger partial charge in [-0.25, -0.2) is 9.98 Å². The summed E-state index contributed by atoms with van der Waals surface area (Å²) in [6, 6.07) is 4.00. The third-order valence-corrected chi connectivity index (χ3v) is 5.46. The Bertz CT molecular complexity index is 442. The van der Waals surface area contributed by atoms with Crippen molar-refractivity contribution in [2.24, 2.45) is 10.9 Å². The molecule has 3 nitrogen and oxygen atoms in total. The summed E-state index contributed by atoms with van der Waals surface area (Å²) in [7, 11) is 0. The van der Waals surface area contributed by atoms with E-state index < -0.39 is 0 Å². The zero-order chi connectivity index (χ0) is 12.2. The van der Waals surface area contributed by atoms with Crippen molar-refractivity contribution in [2.45, 2.75) is 37.0 Å². The summed E-state index contributed by atoms with van der Waals surface area (Å²) in [6.45, 7) is 0. The van der Waals surface area contributed by atoms with E-state index in [2.05, 4.69) is 14.7 Å². The van der Waals surface area contributed by atoms with Crippen LogP contribution in [-0.2, 0) is 0 Å². The number of rotatable bonds is 2. The van der Waals surface area contributed by atoms with E-state index in [0.717, 1.165) is 21.8 Å². The van der Waals surface area contributed by atoms with Crippen LogP contribution in [0.25, 0.3) is 0 Å². The molecule has 1 saturated carbocycles. The molecule has 2 aliphatic rings. The quantitative estimate of drug-likeness (QED) is 0.831. The molecular formula is C13H17N3S2. The highest BCUT2D eigenvalue weighted by Gasteiger charge is 2.17. The van der Waals surface area contributed by atoms with Crippen LogP contribution in [0.3, 0.4) is 0 Å². The van der Waals surface area contributed by atoms with Crippen molar-refractivity contribution in [3.63, 3.8) is 0 Å². The summed E-state index contributed by atoms with van der Waals surface area (Å²) in [5, 5.41) is 1.01. The van der Waals surface area contributed by atoms with Gasteiger partial charge in [0.05, 0.1) is 4.90 Å². The van der Waals surface area contributed by atoms with Crippen LogP contribution < -0.4 is 4.72 Å². The van der Waals surface area contributed by atoms with Gasteiger partial charge in [0.2, 0.25) is 0 Å². The highest BCUT2D eigenvalue weighted by Crippen LogP contribution is 2.32. The summed E-state index contributed by atoms with van der Waals surface area (Å²) in [5.41, 5.74) is 0. The topological polar surface area (TPSA) is 37.3 Å². The zero-order valence-electron chi connectivity index (χ0n) is 10.3. The summed E-state index contributed by atoms with van der Waals surface area (Å²) in [4.78, 5) is 9.98. The van der Waals surface area contributed by atoms with Crippen molar-refractivity contribution in [2.75, 3.05) is 5.75 Å². The first kappa shape index (κ1) is 12.4. The van der Waals surface area contributed by atoms with Gasteiger partial charge in [-0.15, -0.1) is 0 Å². The van der Waals surface area contributed by atoms with E-state index in [0.29, 0.717) is 0 Å². The largest absolute Gasteiger partial charge is 0.305 e. The average molecular weight is 279 g/mol. The van der Waals surface area contributed by atoms with Gasteiger partial charge in [-0.1, -0.05) is 31.0 Å². The van der Waals surface area contributed by atoms with Gasteiger partial charge >= 0.3 is 0 Å². The SMILES string of the molecule is c1cnc2c(c1)SNC(SCC1CCCCC1)=N2. The van der Waals surface area contributed by atoms with Gasteiger partial charge < -0.3 is 4.72 Å². The summed E-state index contributed by atoms with van der Waals surface area (Å²) < 4.78 is 3.30. The first-order valence-electron chi connectivity index (χ1n) is 6.51. The predicted octanol–water partition coefficient (Wildman–Crippen LogP) is 3.99. The molecule has 0 radical (unpaired) electrons. The Kier molecular flexibility index (Phi) is 4.10. The maximum atomic E-state index is 4.57. The molecule has 0 amide bonds. The number of nitrogens with zero attached hydrogens (tertiary/aromatic N) is 2. The standard InChI is InChI=1S/C13H17N3S2/c1-2-5-10(6-3-1)9-17-13-15-12-11(18-16-13)7-4-8-14-12/h4,7-8,10H,1-3,5-6,9H2,(H,14,15,16). The number of hydrogen-bond donors (Lipinski definition) is 1. The highest BCUT2D eigenvalue weighted by atomic mass is 32.2. The minimum absolute atomic E-state index is 0.854. The van der Waals surface area contributed by atoms with Crippen LogP contribution in [-0.4, -0.2) is 15.9 Å². The third-order valence-electron chi connectivity index (χ3n) is 3.39. The van der Waals surface area contributed by atoms with Crippen molar-refractivity contribution in [3.8, 4) is 0 Å². The molecule has 0 unspecified atom stereocenters. The molecule has 1 N–H and O–H groups in total. The van der Waals surface area contributed by atoms with Gasteiger partial charge in [-0.2, -0.15) is 0 Å². The second-order valence-electron chi connectivity index (χ2n) is 4.76. The molecule has 0 saturated heterocycles.